The molecule has 0 bridgehead atoms. The molecular weight excluding hydrogens is 394 g/mol. The standard InChI is InChI=1S/C18H31N3O3.C2H2O4/c1-5-21(6-2)11-7-10-19-14-18(22)20-13-15-8-9-16(23-3)17(12-15)24-4;3-1(4)2(5)6/h8-9,12,19H,5-7,10-11,13-14H2,1-4H3,(H,20,22);(H,3,4)(H,5,6). The van der Waals surface area contributed by atoms with E-state index in [-0.39, 0.29) is 5.91 Å². The van der Waals surface area contributed by atoms with Crippen molar-refractivity contribution >= 4 is 17.8 Å². The van der Waals surface area contributed by atoms with E-state index in [4.69, 9.17) is 29.3 Å². The van der Waals surface area contributed by atoms with Gasteiger partial charge < -0.3 is 35.2 Å². The molecule has 1 aromatic carbocycles. The van der Waals surface area contributed by atoms with Gasteiger partial charge in [-0.3, -0.25) is 4.79 Å². The van der Waals surface area contributed by atoms with Crippen molar-refractivity contribution in [3.8, 4) is 11.5 Å². The summed E-state index contributed by atoms with van der Waals surface area (Å²) in [6.07, 6.45) is 1.05. The minimum Gasteiger partial charge on any atom is -0.493 e. The molecule has 1 aromatic rings. The van der Waals surface area contributed by atoms with Gasteiger partial charge in [-0.1, -0.05) is 19.9 Å². The molecule has 0 fully saturated rings. The molecule has 1 rings (SSSR count). The Labute approximate surface area is 177 Å². The van der Waals surface area contributed by atoms with E-state index >= 15 is 0 Å². The summed E-state index contributed by atoms with van der Waals surface area (Å²) in [6, 6.07) is 5.63. The largest absolute Gasteiger partial charge is 0.493 e. The number of hydrogen-bond acceptors (Lipinski definition) is 7. The van der Waals surface area contributed by atoms with Crippen molar-refractivity contribution in [3.63, 3.8) is 0 Å². The summed E-state index contributed by atoms with van der Waals surface area (Å²) in [5.41, 5.74) is 0.975. The zero-order valence-corrected chi connectivity index (χ0v) is 18.1. The van der Waals surface area contributed by atoms with Crippen LogP contribution in [0.4, 0.5) is 0 Å². The van der Waals surface area contributed by atoms with Gasteiger partial charge in [-0.15, -0.1) is 0 Å². The van der Waals surface area contributed by atoms with Gasteiger partial charge in [-0.05, 0) is 50.3 Å². The lowest BCUT2D eigenvalue weighted by atomic mass is 10.2. The van der Waals surface area contributed by atoms with Crippen molar-refractivity contribution < 1.29 is 34.1 Å². The van der Waals surface area contributed by atoms with Gasteiger partial charge in [0.05, 0.1) is 20.8 Å². The summed E-state index contributed by atoms with van der Waals surface area (Å²) in [7, 11) is 3.20. The molecule has 0 aliphatic heterocycles. The molecule has 170 valence electrons. The molecule has 0 heterocycles. The van der Waals surface area contributed by atoms with E-state index in [2.05, 4.69) is 29.4 Å². The van der Waals surface area contributed by atoms with E-state index < -0.39 is 11.9 Å². The van der Waals surface area contributed by atoms with Crippen molar-refractivity contribution in [2.75, 3.05) is 46.9 Å². The third-order valence-corrected chi connectivity index (χ3v) is 4.13. The van der Waals surface area contributed by atoms with Crippen molar-refractivity contribution in [2.45, 2.75) is 26.8 Å². The van der Waals surface area contributed by atoms with Crippen LogP contribution in [-0.4, -0.2) is 79.9 Å². The highest BCUT2D eigenvalue weighted by Gasteiger charge is 2.06. The highest BCUT2D eigenvalue weighted by molar-refractivity contribution is 6.27. The number of carboxylic acids is 2. The predicted octanol–water partition coefficient (Wildman–Crippen LogP) is 0.797. The van der Waals surface area contributed by atoms with E-state index in [9.17, 15) is 4.79 Å². The summed E-state index contributed by atoms with van der Waals surface area (Å²) < 4.78 is 10.5. The molecule has 0 unspecified atom stereocenters. The van der Waals surface area contributed by atoms with Crippen LogP contribution >= 0.6 is 0 Å². The fraction of sp³-hybridized carbons (Fsp3) is 0.550. The number of benzene rings is 1. The Morgan fingerprint density at radius 3 is 2.10 bits per heavy atom. The smallest absolute Gasteiger partial charge is 0.414 e. The second-order valence-corrected chi connectivity index (χ2v) is 6.13. The summed E-state index contributed by atoms with van der Waals surface area (Å²) in [4.78, 5) is 32.4. The first-order valence-electron chi connectivity index (χ1n) is 9.65. The van der Waals surface area contributed by atoms with Gasteiger partial charge in [-0.2, -0.15) is 0 Å². The lowest BCUT2D eigenvalue weighted by Gasteiger charge is -2.17. The first-order chi connectivity index (χ1) is 14.3. The first kappa shape index (κ1) is 27.1. The lowest BCUT2D eigenvalue weighted by molar-refractivity contribution is -0.159. The molecule has 10 nitrogen and oxygen atoms in total. The number of carbonyl (C=O) groups is 3. The van der Waals surface area contributed by atoms with Crippen LogP contribution in [-0.2, 0) is 20.9 Å². The summed E-state index contributed by atoms with van der Waals surface area (Å²) in [5, 5.41) is 20.9. The molecule has 30 heavy (non-hydrogen) atoms. The van der Waals surface area contributed by atoms with E-state index in [0.29, 0.717) is 24.6 Å². The third-order valence-electron chi connectivity index (χ3n) is 4.13. The second-order valence-electron chi connectivity index (χ2n) is 6.13. The van der Waals surface area contributed by atoms with Gasteiger partial charge >= 0.3 is 11.9 Å². The quantitative estimate of drug-likeness (QED) is 0.282. The number of carbonyl (C=O) groups excluding carboxylic acids is 1. The van der Waals surface area contributed by atoms with Crippen molar-refractivity contribution in [1.82, 2.24) is 15.5 Å². The molecular formula is C20H33N3O7. The number of methoxy groups -OCH3 is 2. The summed E-state index contributed by atoms with van der Waals surface area (Å²) >= 11 is 0. The number of amides is 1. The molecule has 0 aliphatic rings. The maximum Gasteiger partial charge on any atom is 0.414 e. The van der Waals surface area contributed by atoms with Crippen molar-refractivity contribution in [2.24, 2.45) is 0 Å². The van der Waals surface area contributed by atoms with Crippen LogP contribution < -0.4 is 20.1 Å². The molecule has 1 amide bonds. The highest BCUT2D eigenvalue weighted by atomic mass is 16.5. The van der Waals surface area contributed by atoms with Crippen molar-refractivity contribution in [1.29, 1.82) is 0 Å². The molecule has 0 radical (unpaired) electrons. The zero-order valence-electron chi connectivity index (χ0n) is 18.1. The van der Waals surface area contributed by atoms with Gasteiger partial charge in [0.1, 0.15) is 0 Å². The number of rotatable bonds is 12. The van der Waals surface area contributed by atoms with Crippen LogP contribution in [0.5, 0.6) is 11.5 Å². The Kier molecular flexibility index (Phi) is 14.5. The van der Waals surface area contributed by atoms with E-state index in [1.165, 1.54) is 0 Å². The fourth-order valence-corrected chi connectivity index (χ4v) is 2.42. The summed E-state index contributed by atoms with van der Waals surface area (Å²) in [5.74, 6) is -2.31. The number of hydrogen-bond donors (Lipinski definition) is 4. The molecule has 4 N–H and O–H groups in total. The Morgan fingerprint density at radius 1 is 1.00 bits per heavy atom. The monoisotopic (exact) mass is 427 g/mol. The van der Waals surface area contributed by atoms with Crippen LogP contribution in [0, 0.1) is 0 Å². The average molecular weight is 427 g/mol. The maximum absolute atomic E-state index is 11.9. The van der Waals surface area contributed by atoms with E-state index in [0.717, 1.165) is 38.2 Å². The summed E-state index contributed by atoms with van der Waals surface area (Å²) in [6.45, 7) is 9.20. The molecule has 0 atom stereocenters. The fourth-order valence-electron chi connectivity index (χ4n) is 2.42. The Balaban J connectivity index is 0.00000122. The molecule has 0 saturated carbocycles. The van der Waals surface area contributed by atoms with Crippen LogP contribution in [0.15, 0.2) is 18.2 Å². The van der Waals surface area contributed by atoms with Gasteiger partial charge in [0, 0.05) is 6.54 Å². The number of nitrogens with zero attached hydrogens (tertiary/aromatic N) is 1. The molecule has 0 saturated heterocycles. The third kappa shape index (κ3) is 11.9. The first-order valence-corrected chi connectivity index (χ1v) is 9.65. The number of ether oxygens (including phenoxy) is 2. The number of carboxylic acid groups (broad SMARTS) is 2. The number of aliphatic carboxylic acids is 2. The van der Waals surface area contributed by atoms with Gasteiger partial charge in [0.25, 0.3) is 0 Å². The van der Waals surface area contributed by atoms with Gasteiger partial charge in [0.15, 0.2) is 11.5 Å². The molecule has 0 spiro atoms. The van der Waals surface area contributed by atoms with Crippen LogP contribution in [0.25, 0.3) is 0 Å². The van der Waals surface area contributed by atoms with Gasteiger partial charge in [-0.25, -0.2) is 9.59 Å². The topological polar surface area (TPSA) is 137 Å². The molecule has 0 aliphatic carbocycles. The lowest BCUT2D eigenvalue weighted by Crippen LogP contribution is -2.35. The number of nitrogens with one attached hydrogen (secondary N) is 2. The van der Waals surface area contributed by atoms with Crippen LogP contribution in [0.3, 0.4) is 0 Å². The minimum atomic E-state index is -1.82. The van der Waals surface area contributed by atoms with Crippen molar-refractivity contribution in [3.05, 3.63) is 23.8 Å². The van der Waals surface area contributed by atoms with E-state index in [1.54, 1.807) is 14.2 Å². The SMILES string of the molecule is CCN(CC)CCCNCC(=O)NCc1ccc(OC)c(OC)c1.O=C(O)C(=O)O. The van der Waals surface area contributed by atoms with Gasteiger partial charge in [0.2, 0.25) is 5.91 Å². The Morgan fingerprint density at radius 2 is 1.60 bits per heavy atom. The van der Waals surface area contributed by atoms with Crippen LogP contribution in [0.1, 0.15) is 25.8 Å². The highest BCUT2D eigenvalue weighted by Crippen LogP contribution is 2.27. The second kappa shape index (κ2) is 16.0. The Hall–Kier alpha value is -2.85. The average Bonchev–Trinajstić information content (AvgIpc) is 2.74. The maximum atomic E-state index is 11.9. The predicted molar refractivity (Wildman–Crippen MR) is 112 cm³/mol. The Bertz CT molecular complexity index is 652. The minimum absolute atomic E-state index is 0.00683. The molecule has 10 heteroatoms. The molecule has 0 aromatic heterocycles. The van der Waals surface area contributed by atoms with E-state index in [1.807, 2.05) is 18.2 Å². The van der Waals surface area contributed by atoms with Crippen LogP contribution in [0.2, 0.25) is 0 Å². The normalized spacial score (nSPS) is 10.0. The zero-order chi connectivity index (χ0) is 22.9.